The molecule has 0 aliphatic heterocycles. The van der Waals surface area contributed by atoms with Crippen molar-refractivity contribution in [2.75, 3.05) is 13.2 Å². The van der Waals surface area contributed by atoms with Crippen molar-refractivity contribution in [2.24, 2.45) is 0 Å². The highest BCUT2D eigenvalue weighted by Gasteiger charge is 2.11. The summed E-state index contributed by atoms with van der Waals surface area (Å²) in [5, 5.41) is 8.58. The van der Waals surface area contributed by atoms with Crippen LogP contribution in [0.1, 0.15) is 20.3 Å². The normalized spacial score (nSPS) is 8.69. The fraction of sp³-hybridized carbons (Fsp3) is 0.625. The third-order valence-electron chi connectivity index (χ3n) is 1.34. The van der Waals surface area contributed by atoms with Gasteiger partial charge in [-0.1, -0.05) is 12.2 Å². The number of rotatable bonds is 4. The van der Waals surface area contributed by atoms with E-state index in [2.05, 4.69) is 4.74 Å². The Morgan fingerprint density at radius 1 is 1.62 bits per heavy atom. The molecule has 0 aliphatic rings. The SMILES string of the molecule is CCOC(=O)CC(=S)N(C#N)CC. The molecule has 0 N–H and O–H groups in total. The number of carbonyl (C=O) groups excluding carboxylic acids is 1. The maximum absolute atomic E-state index is 10.9. The van der Waals surface area contributed by atoms with Crippen molar-refractivity contribution >= 4 is 23.2 Å². The van der Waals surface area contributed by atoms with Crippen LogP contribution in [0.2, 0.25) is 0 Å². The summed E-state index contributed by atoms with van der Waals surface area (Å²) < 4.78 is 4.69. The summed E-state index contributed by atoms with van der Waals surface area (Å²) in [7, 11) is 0. The molecule has 72 valence electrons. The number of hydrogen-bond donors (Lipinski definition) is 0. The van der Waals surface area contributed by atoms with E-state index in [0.717, 1.165) is 0 Å². The lowest BCUT2D eigenvalue weighted by Gasteiger charge is -2.12. The van der Waals surface area contributed by atoms with Crippen LogP contribution >= 0.6 is 12.2 Å². The highest BCUT2D eigenvalue weighted by molar-refractivity contribution is 7.80. The Morgan fingerprint density at radius 2 is 2.23 bits per heavy atom. The monoisotopic (exact) mass is 200 g/mol. The van der Waals surface area contributed by atoms with Gasteiger partial charge in [0, 0.05) is 6.54 Å². The van der Waals surface area contributed by atoms with Crippen molar-refractivity contribution < 1.29 is 9.53 Å². The number of nitriles is 1. The zero-order chi connectivity index (χ0) is 10.3. The summed E-state index contributed by atoms with van der Waals surface area (Å²) in [6.07, 6.45) is 1.89. The summed E-state index contributed by atoms with van der Waals surface area (Å²) in [5.41, 5.74) is 0. The molecular formula is C8H12N2O2S. The largest absolute Gasteiger partial charge is 0.466 e. The fourth-order valence-electron chi connectivity index (χ4n) is 0.734. The van der Waals surface area contributed by atoms with E-state index in [1.165, 1.54) is 4.90 Å². The van der Waals surface area contributed by atoms with Gasteiger partial charge in [0.05, 0.1) is 13.0 Å². The standard InChI is InChI=1S/C8H12N2O2S/c1-3-10(6-9)7(13)5-8(11)12-4-2/h3-5H2,1-2H3. The molecule has 0 aromatic heterocycles. The van der Waals surface area contributed by atoms with Crippen LogP contribution in [0.25, 0.3) is 0 Å². The first-order valence-electron chi connectivity index (χ1n) is 4.01. The predicted molar refractivity (Wildman–Crippen MR) is 51.8 cm³/mol. The van der Waals surface area contributed by atoms with Gasteiger partial charge in [-0.05, 0) is 13.8 Å². The van der Waals surface area contributed by atoms with Crippen molar-refractivity contribution in [3.05, 3.63) is 0 Å². The number of nitrogens with zero attached hydrogens (tertiary/aromatic N) is 2. The third kappa shape index (κ3) is 4.43. The molecule has 0 fully saturated rings. The molecule has 0 bridgehead atoms. The average Bonchev–Trinajstić information content (AvgIpc) is 2.06. The van der Waals surface area contributed by atoms with Crippen LogP contribution in [0.5, 0.6) is 0 Å². The molecule has 0 atom stereocenters. The second-order valence-electron chi connectivity index (χ2n) is 2.22. The minimum absolute atomic E-state index is 0.00454. The molecule has 0 spiro atoms. The Balaban J connectivity index is 4.00. The van der Waals surface area contributed by atoms with Crippen molar-refractivity contribution in [3.8, 4) is 6.19 Å². The van der Waals surface area contributed by atoms with Gasteiger partial charge in [-0.15, -0.1) is 0 Å². The second-order valence-corrected chi connectivity index (χ2v) is 2.69. The highest BCUT2D eigenvalue weighted by atomic mass is 32.1. The van der Waals surface area contributed by atoms with Gasteiger partial charge in [-0.25, -0.2) is 0 Å². The number of esters is 1. The molecule has 0 aromatic rings. The zero-order valence-electron chi connectivity index (χ0n) is 7.74. The van der Waals surface area contributed by atoms with Crippen LogP contribution < -0.4 is 0 Å². The van der Waals surface area contributed by atoms with Crippen molar-refractivity contribution in [3.63, 3.8) is 0 Å². The molecule has 0 aromatic carbocycles. The molecule has 0 saturated heterocycles. The van der Waals surface area contributed by atoms with E-state index in [0.29, 0.717) is 18.1 Å². The lowest BCUT2D eigenvalue weighted by molar-refractivity contribution is -0.141. The van der Waals surface area contributed by atoms with Crippen molar-refractivity contribution in [1.29, 1.82) is 5.26 Å². The maximum Gasteiger partial charge on any atom is 0.312 e. The molecule has 0 rings (SSSR count). The Kier molecular flexibility index (Phi) is 5.81. The number of carbonyl (C=O) groups is 1. The number of ether oxygens (including phenoxy) is 1. The first kappa shape index (κ1) is 11.8. The molecular weight excluding hydrogens is 188 g/mol. The Bertz CT molecular complexity index is 235. The quantitative estimate of drug-likeness (QED) is 0.294. The van der Waals surface area contributed by atoms with Crippen molar-refractivity contribution in [2.45, 2.75) is 20.3 Å². The molecule has 5 heteroatoms. The molecule has 0 amide bonds. The molecule has 13 heavy (non-hydrogen) atoms. The van der Waals surface area contributed by atoms with Gasteiger partial charge < -0.3 is 4.74 Å². The lowest BCUT2D eigenvalue weighted by Crippen LogP contribution is -2.26. The minimum atomic E-state index is -0.388. The van der Waals surface area contributed by atoms with E-state index >= 15 is 0 Å². The van der Waals surface area contributed by atoms with E-state index in [9.17, 15) is 4.79 Å². The van der Waals surface area contributed by atoms with Crippen LogP contribution in [0.3, 0.4) is 0 Å². The Hall–Kier alpha value is -1.15. The van der Waals surface area contributed by atoms with Crippen LogP contribution in [-0.4, -0.2) is 29.0 Å². The first-order chi connectivity index (χ1) is 6.15. The van der Waals surface area contributed by atoms with E-state index in [1.54, 1.807) is 13.8 Å². The zero-order valence-corrected chi connectivity index (χ0v) is 8.56. The Morgan fingerprint density at radius 3 is 2.62 bits per heavy atom. The molecule has 0 unspecified atom stereocenters. The number of hydrogen-bond acceptors (Lipinski definition) is 4. The first-order valence-corrected chi connectivity index (χ1v) is 4.42. The van der Waals surface area contributed by atoms with Crippen LogP contribution in [0.15, 0.2) is 0 Å². The summed E-state index contributed by atoms with van der Waals surface area (Å²) in [4.78, 5) is 12.5. The van der Waals surface area contributed by atoms with Gasteiger partial charge in [-0.3, -0.25) is 9.69 Å². The van der Waals surface area contributed by atoms with Crippen molar-refractivity contribution in [1.82, 2.24) is 4.90 Å². The molecule has 0 saturated carbocycles. The fourth-order valence-corrected chi connectivity index (χ4v) is 1.02. The van der Waals surface area contributed by atoms with E-state index in [4.69, 9.17) is 17.5 Å². The summed E-state index contributed by atoms with van der Waals surface area (Å²) in [5.74, 6) is -0.388. The van der Waals surface area contributed by atoms with Gasteiger partial charge in [0.15, 0.2) is 6.19 Å². The van der Waals surface area contributed by atoms with Gasteiger partial charge in [-0.2, -0.15) is 5.26 Å². The molecule has 4 nitrogen and oxygen atoms in total. The molecule has 0 heterocycles. The lowest BCUT2D eigenvalue weighted by atomic mass is 10.4. The van der Waals surface area contributed by atoms with E-state index in [1.807, 2.05) is 6.19 Å². The number of thiocarbonyl (C=S) groups is 1. The summed E-state index contributed by atoms with van der Waals surface area (Å²) >= 11 is 4.87. The van der Waals surface area contributed by atoms with Gasteiger partial charge in [0.1, 0.15) is 4.99 Å². The van der Waals surface area contributed by atoms with E-state index in [-0.39, 0.29) is 12.4 Å². The molecule has 0 radical (unpaired) electrons. The van der Waals surface area contributed by atoms with Crippen LogP contribution in [0, 0.1) is 11.5 Å². The second kappa shape index (κ2) is 6.38. The third-order valence-corrected chi connectivity index (χ3v) is 1.70. The topological polar surface area (TPSA) is 53.3 Å². The van der Waals surface area contributed by atoms with Gasteiger partial charge >= 0.3 is 5.97 Å². The smallest absolute Gasteiger partial charge is 0.312 e. The highest BCUT2D eigenvalue weighted by Crippen LogP contribution is 1.97. The van der Waals surface area contributed by atoms with Gasteiger partial charge in [0.2, 0.25) is 0 Å². The Labute approximate surface area is 83.1 Å². The summed E-state index contributed by atoms with van der Waals surface area (Å²) in [6, 6.07) is 0. The maximum atomic E-state index is 10.9. The van der Waals surface area contributed by atoms with Crippen LogP contribution in [-0.2, 0) is 9.53 Å². The minimum Gasteiger partial charge on any atom is -0.466 e. The summed E-state index contributed by atoms with van der Waals surface area (Å²) in [6.45, 7) is 4.33. The average molecular weight is 200 g/mol. The van der Waals surface area contributed by atoms with Crippen LogP contribution in [0.4, 0.5) is 0 Å². The predicted octanol–water partition coefficient (Wildman–Crippen LogP) is 1.07. The van der Waals surface area contributed by atoms with E-state index < -0.39 is 0 Å². The molecule has 0 aliphatic carbocycles. The van der Waals surface area contributed by atoms with Gasteiger partial charge in [0.25, 0.3) is 0 Å².